The minimum atomic E-state index is -3.29. The van der Waals surface area contributed by atoms with E-state index in [1.54, 1.807) is 0 Å². The van der Waals surface area contributed by atoms with Gasteiger partial charge in [0.05, 0.1) is 12.4 Å². The second-order valence-corrected chi connectivity index (χ2v) is 5.19. The van der Waals surface area contributed by atoms with Crippen LogP contribution in [0.2, 0.25) is 0 Å². The molecule has 0 spiro atoms. The Kier molecular flexibility index (Phi) is 3.50. The lowest BCUT2D eigenvalue weighted by Gasteiger charge is -2.25. The predicted octanol–water partition coefficient (Wildman–Crippen LogP) is 1.71. The van der Waals surface area contributed by atoms with E-state index in [-0.39, 0.29) is 6.10 Å². The van der Waals surface area contributed by atoms with E-state index in [2.05, 4.69) is 6.58 Å². The van der Waals surface area contributed by atoms with Crippen molar-refractivity contribution in [2.75, 3.05) is 6.26 Å². The summed E-state index contributed by atoms with van der Waals surface area (Å²) in [6, 6.07) is 0. The van der Waals surface area contributed by atoms with Crippen LogP contribution < -0.4 is 0 Å². The standard InChI is InChI=1S/C9H16O3S/c1-3-8-5-4-6-9(7-8)12-13(2,10)11/h3,8-9H,1,4-7H2,2H3/t8-,9+/m0/s1. The molecule has 0 aromatic carbocycles. The summed E-state index contributed by atoms with van der Waals surface area (Å²) < 4.78 is 26.6. The van der Waals surface area contributed by atoms with E-state index < -0.39 is 10.1 Å². The SMILES string of the molecule is C=C[C@H]1CCC[C@@H](OS(C)(=O)=O)C1. The summed E-state index contributed by atoms with van der Waals surface area (Å²) in [6.07, 6.45) is 6.62. The van der Waals surface area contributed by atoms with Crippen molar-refractivity contribution in [1.82, 2.24) is 0 Å². The molecule has 1 aliphatic rings. The average Bonchev–Trinajstić information content (AvgIpc) is 2.01. The molecule has 0 amide bonds. The molecule has 1 fully saturated rings. The number of hydrogen-bond acceptors (Lipinski definition) is 3. The Morgan fingerprint density at radius 1 is 1.46 bits per heavy atom. The Hall–Kier alpha value is -0.350. The average molecular weight is 204 g/mol. The summed E-state index contributed by atoms with van der Waals surface area (Å²) in [5, 5.41) is 0. The summed E-state index contributed by atoms with van der Waals surface area (Å²) in [4.78, 5) is 0. The van der Waals surface area contributed by atoms with Crippen LogP contribution in [0.1, 0.15) is 25.7 Å². The Balaban J connectivity index is 2.47. The van der Waals surface area contributed by atoms with Crippen molar-refractivity contribution in [2.24, 2.45) is 5.92 Å². The Morgan fingerprint density at radius 2 is 2.15 bits per heavy atom. The Labute approximate surface area is 79.9 Å². The number of rotatable bonds is 3. The maximum Gasteiger partial charge on any atom is 0.264 e. The molecule has 3 nitrogen and oxygen atoms in total. The van der Waals surface area contributed by atoms with E-state index in [0.717, 1.165) is 31.9 Å². The van der Waals surface area contributed by atoms with E-state index in [0.29, 0.717) is 5.92 Å². The van der Waals surface area contributed by atoms with Gasteiger partial charge in [-0.3, -0.25) is 4.18 Å². The fourth-order valence-electron chi connectivity index (χ4n) is 1.73. The normalized spacial score (nSPS) is 29.9. The molecule has 2 atom stereocenters. The van der Waals surface area contributed by atoms with Crippen LogP contribution in [0.3, 0.4) is 0 Å². The van der Waals surface area contributed by atoms with Gasteiger partial charge in [-0.15, -0.1) is 6.58 Å². The molecule has 0 aromatic rings. The van der Waals surface area contributed by atoms with Crippen molar-refractivity contribution in [3.05, 3.63) is 12.7 Å². The third-order valence-corrected chi connectivity index (χ3v) is 2.93. The number of allylic oxidation sites excluding steroid dienone is 1. The van der Waals surface area contributed by atoms with Crippen molar-refractivity contribution in [3.63, 3.8) is 0 Å². The van der Waals surface area contributed by atoms with Crippen molar-refractivity contribution in [3.8, 4) is 0 Å². The largest absolute Gasteiger partial charge is 0.267 e. The highest BCUT2D eigenvalue weighted by molar-refractivity contribution is 7.86. The van der Waals surface area contributed by atoms with E-state index in [4.69, 9.17) is 4.18 Å². The van der Waals surface area contributed by atoms with Crippen molar-refractivity contribution in [1.29, 1.82) is 0 Å². The zero-order valence-electron chi connectivity index (χ0n) is 7.90. The molecule has 1 rings (SSSR count). The van der Waals surface area contributed by atoms with Gasteiger partial charge >= 0.3 is 0 Å². The number of hydrogen-bond donors (Lipinski definition) is 0. The van der Waals surface area contributed by atoms with Crippen LogP contribution in [-0.4, -0.2) is 20.8 Å². The van der Waals surface area contributed by atoms with Gasteiger partial charge in [0.2, 0.25) is 0 Å². The van der Waals surface area contributed by atoms with Crippen LogP contribution in [0.4, 0.5) is 0 Å². The van der Waals surface area contributed by atoms with E-state index in [9.17, 15) is 8.42 Å². The molecule has 0 saturated heterocycles. The first-order chi connectivity index (χ1) is 6.01. The molecule has 0 heterocycles. The van der Waals surface area contributed by atoms with E-state index in [1.807, 2.05) is 6.08 Å². The minimum absolute atomic E-state index is 0.133. The third kappa shape index (κ3) is 3.91. The van der Waals surface area contributed by atoms with Gasteiger partial charge in [0.25, 0.3) is 10.1 Å². The molecular formula is C9H16O3S. The summed E-state index contributed by atoms with van der Waals surface area (Å²) in [7, 11) is -3.29. The lowest BCUT2D eigenvalue weighted by Crippen LogP contribution is -2.24. The summed E-state index contributed by atoms with van der Waals surface area (Å²) in [5.74, 6) is 0.417. The molecule has 0 aliphatic heterocycles. The maximum absolute atomic E-state index is 10.8. The first-order valence-electron chi connectivity index (χ1n) is 4.52. The molecule has 0 N–H and O–H groups in total. The van der Waals surface area contributed by atoms with Crippen LogP contribution >= 0.6 is 0 Å². The highest BCUT2D eigenvalue weighted by Crippen LogP contribution is 2.27. The Bertz CT molecular complexity index is 269. The van der Waals surface area contributed by atoms with Crippen molar-refractivity contribution < 1.29 is 12.6 Å². The van der Waals surface area contributed by atoms with E-state index >= 15 is 0 Å². The second kappa shape index (κ2) is 4.24. The molecule has 1 saturated carbocycles. The van der Waals surface area contributed by atoms with Gasteiger partial charge in [-0.1, -0.05) is 12.5 Å². The van der Waals surface area contributed by atoms with Gasteiger partial charge in [-0.2, -0.15) is 8.42 Å². The zero-order valence-corrected chi connectivity index (χ0v) is 8.72. The highest BCUT2D eigenvalue weighted by Gasteiger charge is 2.23. The van der Waals surface area contributed by atoms with Crippen molar-refractivity contribution in [2.45, 2.75) is 31.8 Å². The molecule has 0 unspecified atom stereocenters. The lowest BCUT2D eigenvalue weighted by atomic mass is 9.87. The summed E-state index contributed by atoms with van der Waals surface area (Å²) >= 11 is 0. The van der Waals surface area contributed by atoms with Crippen LogP contribution in [0.5, 0.6) is 0 Å². The monoisotopic (exact) mass is 204 g/mol. The van der Waals surface area contributed by atoms with E-state index in [1.165, 1.54) is 0 Å². The molecule has 0 radical (unpaired) electrons. The van der Waals surface area contributed by atoms with Gasteiger partial charge in [-0.05, 0) is 25.2 Å². The highest BCUT2D eigenvalue weighted by atomic mass is 32.2. The van der Waals surface area contributed by atoms with Gasteiger partial charge in [-0.25, -0.2) is 0 Å². The Morgan fingerprint density at radius 3 is 2.69 bits per heavy atom. The predicted molar refractivity (Wildman–Crippen MR) is 51.9 cm³/mol. The van der Waals surface area contributed by atoms with Crippen LogP contribution in [0.25, 0.3) is 0 Å². The van der Waals surface area contributed by atoms with Crippen LogP contribution in [0.15, 0.2) is 12.7 Å². The maximum atomic E-state index is 10.8. The van der Waals surface area contributed by atoms with Crippen LogP contribution in [0, 0.1) is 5.92 Å². The molecule has 13 heavy (non-hydrogen) atoms. The fraction of sp³-hybridized carbons (Fsp3) is 0.778. The molecule has 0 aromatic heterocycles. The lowest BCUT2D eigenvalue weighted by molar-refractivity contribution is 0.145. The zero-order chi connectivity index (χ0) is 9.90. The van der Waals surface area contributed by atoms with Gasteiger partial charge in [0.15, 0.2) is 0 Å². The molecular weight excluding hydrogens is 188 g/mol. The fourth-order valence-corrected chi connectivity index (χ4v) is 2.40. The van der Waals surface area contributed by atoms with Crippen molar-refractivity contribution >= 4 is 10.1 Å². The summed E-state index contributed by atoms with van der Waals surface area (Å²) in [6.45, 7) is 3.71. The molecule has 1 aliphatic carbocycles. The molecule has 76 valence electrons. The quantitative estimate of drug-likeness (QED) is 0.519. The second-order valence-electron chi connectivity index (χ2n) is 3.58. The minimum Gasteiger partial charge on any atom is -0.267 e. The molecule has 4 heteroatoms. The first-order valence-corrected chi connectivity index (χ1v) is 6.34. The van der Waals surface area contributed by atoms with Crippen LogP contribution in [-0.2, 0) is 14.3 Å². The van der Waals surface area contributed by atoms with Gasteiger partial charge < -0.3 is 0 Å². The summed E-state index contributed by atoms with van der Waals surface area (Å²) in [5.41, 5.74) is 0. The third-order valence-electron chi connectivity index (χ3n) is 2.31. The van der Waals surface area contributed by atoms with Gasteiger partial charge in [0.1, 0.15) is 0 Å². The smallest absolute Gasteiger partial charge is 0.264 e. The first kappa shape index (κ1) is 10.7. The van der Waals surface area contributed by atoms with Gasteiger partial charge in [0, 0.05) is 0 Å². The molecule has 0 bridgehead atoms. The topological polar surface area (TPSA) is 43.4 Å².